The monoisotopic (exact) mass is 194 g/mol. The molecule has 0 aromatic rings. The molecule has 6 heteroatoms. The maximum atomic E-state index is 11.3. The zero-order valence-electron chi connectivity index (χ0n) is 4.58. The van der Waals surface area contributed by atoms with E-state index in [2.05, 4.69) is 4.74 Å². The summed E-state index contributed by atoms with van der Waals surface area (Å²) in [7, 11) is 0. The lowest BCUT2D eigenvalue weighted by molar-refractivity contribution is -0.162. The number of hydrogen-bond donors (Lipinski definition) is 0. The molecule has 0 spiro atoms. The van der Waals surface area contributed by atoms with Crippen molar-refractivity contribution in [3.63, 3.8) is 0 Å². The molecule has 0 aliphatic carbocycles. The summed E-state index contributed by atoms with van der Waals surface area (Å²) in [6.45, 7) is -1.42. The first-order valence-electron chi connectivity index (χ1n) is 2.11. The summed E-state index contributed by atoms with van der Waals surface area (Å²) < 4.78 is 37.8. The fourth-order valence-corrected chi connectivity index (χ4v) is 0.300. The van der Waals surface area contributed by atoms with Crippen LogP contribution in [0.3, 0.4) is 0 Å². The number of hydrogen-bond acceptors (Lipinski definition) is 1. The van der Waals surface area contributed by atoms with Crippen molar-refractivity contribution in [3.05, 3.63) is 10.8 Å². The SMILES string of the molecule is FC(F)(F)CO/C(Cl)=C/Cl. The summed E-state index contributed by atoms with van der Waals surface area (Å²) in [5.41, 5.74) is 0.716. The van der Waals surface area contributed by atoms with Gasteiger partial charge in [0.1, 0.15) is 0 Å². The van der Waals surface area contributed by atoms with E-state index in [4.69, 9.17) is 23.2 Å². The van der Waals surface area contributed by atoms with Crippen molar-refractivity contribution in [2.24, 2.45) is 0 Å². The second-order valence-electron chi connectivity index (χ2n) is 1.32. The van der Waals surface area contributed by atoms with Crippen LogP contribution in [0.25, 0.3) is 0 Å². The molecular weight excluding hydrogens is 192 g/mol. The smallest absolute Gasteiger partial charge is 0.422 e. The van der Waals surface area contributed by atoms with E-state index in [9.17, 15) is 13.2 Å². The van der Waals surface area contributed by atoms with Crippen LogP contribution in [0.5, 0.6) is 0 Å². The second kappa shape index (κ2) is 3.93. The van der Waals surface area contributed by atoms with E-state index in [1.54, 1.807) is 0 Å². The fourth-order valence-electron chi connectivity index (χ4n) is 0.182. The maximum Gasteiger partial charge on any atom is 0.422 e. The Bertz CT molecular complexity index is 131. The minimum absolute atomic E-state index is 0.473. The highest BCUT2D eigenvalue weighted by Crippen LogP contribution is 2.17. The van der Waals surface area contributed by atoms with Crippen LogP contribution in [-0.2, 0) is 4.74 Å². The molecule has 0 heterocycles. The van der Waals surface area contributed by atoms with Gasteiger partial charge in [0.25, 0.3) is 0 Å². The summed E-state index contributed by atoms with van der Waals surface area (Å²) in [4.78, 5) is 0. The average molecular weight is 195 g/mol. The second-order valence-corrected chi connectivity index (χ2v) is 1.91. The van der Waals surface area contributed by atoms with Crippen LogP contribution < -0.4 is 0 Å². The molecule has 0 N–H and O–H groups in total. The van der Waals surface area contributed by atoms with Crippen LogP contribution in [0.4, 0.5) is 13.2 Å². The van der Waals surface area contributed by atoms with Gasteiger partial charge in [0.15, 0.2) is 11.8 Å². The van der Waals surface area contributed by atoms with E-state index in [1.165, 1.54) is 0 Å². The van der Waals surface area contributed by atoms with Crippen molar-refractivity contribution in [2.45, 2.75) is 6.18 Å². The minimum Gasteiger partial charge on any atom is -0.473 e. The Balaban J connectivity index is 3.56. The average Bonchev–Trinajstić information content (AvgIpc) is 1.81. The van der Waals surface area contributed by atoms with Gasteiger partial charge in [0.2, 0.25) is 0 Å². The Morgan fingerprint density at radius 1 is 1.50 bits per heavy atom. The number of rotatable bonds is 2. The summed E-state index contributed by atoms with van der Waals surface area (Å²) in [5.74, 6) is 0. The molecule has 0 unspecified atom stereocenters. The van der Waals surface area contributed by atoms with Crippen molar-refractivity contribution >= 4 is 23.2 Å². The van der Waals surface area contributed by atoms with Crippen LogP contribution in [0.2, 0.25) is 0 Å². The molecule has 0 aromatic heterocycles. The molecular formula is C4H3Cl2F3O. The number of halogens is 5. The molecule has 0 aliphatic heterocycles. The van der Waals surface area contributed by atoms with Crippen LogP contribution in [0, 0.1) is 0 Å². The topological polar surface area (TPSA) is 9.23 Å². The molecule has 1 nitrogen and oxygen atoms in total. The molecule has 60 valence electrons. The molecule has 10 heavy (non-hydrogen) atoms. The van der Waals surface area contributed by atoms with Crippen LogP contribution in [0.1, 0.15) is 0 Å². The Morgan fingerprint density at radius 2 is 2.00 bits per heavy atom. The predicted molar refractivity (Wildman–Crippen MR) is 31.8 cm³/mol. The van der Waals surface area contributed by atoms with E-state index < -0.39 is 18.0 Å². The van der Waals surface area contributed by atoms with Crippen LogP contribution >= 0.6 is 23.2 Å². The zero-order chi connectivity index (χ0) is 8.20. The molecule has 0 fully saturated rings. The van der Waals surface area contributed by atoms with Crippen LogP contribution in [-0.4, -0.2) is 12.8 Å². The lowest BCUT2D eigenvalue weighted by Gasteiger charge is -2.06. The molecule has 0 atom stereocenters. The van der Waals surface area contributed by atoms with Crippen molar-refractivity contribution in [3.8, 4) is 0 Å². The Morgan fingerprint density at radius 3 is 2.30 bits per heavy atom. The summed E-state index contributed by atoms with van der Waals surface area (Å²) in [6, 6.07) is 0. The molecule has 0 radical (unpaired) electrons. The third-order valence-electron chi connectivity index (χ3n) is 0.460. The van der Waals surface area contributed by atoms with Crippen molar-refractivity contribution in [1.82, 2.24) is 0 Å². The van der Waals surface area contributed by atoms with E-state index in [-0.39, 0.29) is 0 Å². The van der Waals surface area contributed by atoms with E-state index in [0.29, 0.717) is 5.54 Å². The Hall–Kier alpha value is -0.0900. The zero-order valence-corrected chi connectivity index (χ0v) is 6.09. The van der Waals surface area contributed by atoms with Gasteiger partial charge in [-0.1, -0.05) is 11.6 Å². The highest BCUT2D eigenvalue weighted by molar-refractivity contribution is 6.35. The summed E-state index contributed by atoms with van der Waals surface area (Å²) >= 11 is 9.87. The van der Waals surface area contributed by atoms with Gasteiger partial charge in [-0.2, -0.15) is 13.2 Å². The first kappa shape index (κ1) is 9.91. The third-order valence-corrected chi connectivity index (χ3v) is 0.988. The largest absolute Gasteiger partial charge is 0.473 e. The minimum atomic E-state index is -4.37. The lowest BCUT2D eigenvalue weighted by atomic mass is 10.7. The lowest BCUT2D eigenvalue weighted by Crippen LogP contribution is -2.15. The summed E-state index contributed by atoms with van der Waals surface area (Å²) in [5, 5.41) is -0.473. The van der Waals surface area contributed by atoms with Crippen molar-refractivity contribution < 1.29 is 17.9 Å². The standard InChI is InChI=1S/C4H3Cl2F3O/c5-1-3(6)10-2-4(7,8)9/h1H,2H2/b3-1+. The van der Waals surface area contributed by atoms with Crippen molar-refractivity contribution in [1.29, 1.82) is 0 Å². The van der Waals surface area contributed by atoms with Gasteiger partial charge in [-0.05, 0) is 11.6 Å². The van der Waals surface area contributed by atoms with E-state index in [0.717, 1.165) is 0 Å². The quantitative estimate of drug-likeness (QED) is 0.615. The van der Waals surface area contributed by atoms with Gasteiger partial charge in [0, 0.05) is 0 Å². The van der Waals surface area contributed by atoms with E-state index in [1.807, 2.05) is 0 Å². The first-order valence-corrected chi connectivity index (χ1v) is 2.92. The molecule has 0 aliphatic rings. The van der Waals surface area contributed by atoms with Gasteiger partial charge in [0.05, 0.1) is 5.54 Å². The highest BCUT2D eigenvalue weighted by Gasteiger charge is 2.28. The normalized spacial score (nSPS) is 13.5. The first-order chi connectivity index (χ1) is 4.45. The highest BCUT2D eigenvalue weighted by atomic mass is 35.5. The molecule has 0 amide bonds. The van der Waals surface area contributed by atoms with E-state index >= 15 is 0 Å². The molecule has 0 rings (SSSR count). The fraction of sp³-hybridized carbons (Fsp3) is 0.500. The Kier molecular flexibility index (Phi) is 3.89. The van der Waals surface area contributed by atoms with Gasteiger partial charge in [-0.25, -0.2) is 0 Å². The Labute approximate surface area is 65.4 Å². The number of alkyl halides is 3. The van der Waals surface area contributed by atoms with Gasteiger partial charge in [-0.3, -0.25) is 0 Å². The van der Waals surface area contributed by atoms with Gasteiger partial charge < -0.3 is 4.74 Å². The van der Waals surface area contributed by atoms with Gasteiger partial charge in [-0.15, -0.1) is 0 Å². The third kappa shape index (κ3) is 6.04. The van der Waals surface area contributed by atoms with Crippen LogP contribution in [0.15, 0.2) is 10.8 Å². The maximum absolute atomic E-state index is 11.3. The van der Waals surface area contributed by atoms with Crippen molar-refractivity contribution in [2.75, 3.05) is 6.61 Å². The number of ether oxygens (including phenoxy) is 1. The molecule has 0 saturated carbocycles. The van der Waals surface area contributed by atoms with Gasteiger partial charge >= 0.3 is 6.18 Å². The molecule has 0 saturated heterocycles. The molecule has 0 aromatic carbocycles. The summed E-state index contributed by atoms with van der Waals surface area (Å²) in [6.07, 6.45) is -4.37. The predicted octanol–water partition coefficient (Wildman–Crippen LogP) is 2.84. The molecule has 0 bridgehead atoms.